The van der Waals surface area contributed by atoms with Crippen LogP contribution in [0.15, 0.2) is 65.8 Å². The topological polar surface area (TPSA) is 73.2 Å². The van der Waals surface area contributed by atoms with Crippen LogP contribution in [0.5, 0.6) is 5.75 Å². The summed E-state index contributed by atoms with van der Waals surface area (Å²) in [6, 6.07) is 13.6. The Morgan fingerprint density at radius 1 is 1.07 bits per heavy atom. The number of ether oxygens (including phenoxy) is 1. The lowest BCUT2D eigenvalue weighted by molar-refractivity contribution is 0.413. The van der Waals surface area contributed by atoms with Gasteiger partial charge in [-0.05, 0) is 41.3 Å². The Bertz CT molecular complexity index is 1040. The second-order valence-corrected chi connectivity index (χ2v) is 8.66. The highest BCUT2D eigenvalue weighted by molar-refractivity contribution is 7.89. The summed E-state index contributed by atoms with van der Waals surface area (Å²) in [6.45, 7) is 4.14. The lowest BCUT2D eigenvalue weighted by Gasteiger charge is -2.20. The van der Waals surface area contributed by atoms with Gasteiger partial charge in [0.05, 0.1) is 12.0 Å². The number of sulfonamides is 1. The van der Waals surface area contributed by atoms with Gasteiger partial charge in [0.25, 0.3) is 0 Å². The Morgan fingerprint density at radius 2 is 1.79 bits per heavy atom. The van der Waals surface area contributed by atoms with Crippen LogP contribution in [0.25, 0.3) is 0 Å². The van der Waals surface area contributed by atoms with Crippen LogP contribution in [-0.2, 0) is 17.1 Å². The Kier molecular flexibility index (Phi) is 5.86. The quantitative estimate of drug-likeness (QED) is 0.659. The second kappa shape index (κ2) is 8.16. The number of methoxy groups -OCH3 is 1. The van der Waals surface area contributed by atoms with Gasteiger partial charge in [0, 0.05) is 19.4 Å². The first-order chi connectivity index (χ1) is 13.3. The smallest absolute Gasteiger partial charge is 0.241 e. The summed E-state index contributed by atoms with van der Waals surface area (Å²) in [6.07, 6.45) is 3.43. The van der Waals surface area contributed by atoms with Gasteiger partial charge in [-0.25, -0.2) is 13.4 Å². The van der Waals surface area contributed by atoms with E-state index in [0.29, 0.717) is 17.5 Å². The van der Waals surface area contributed by atoms with Crippen LogP contribution in [0.4, 0.5) is 0 Å². The van der Waals surface area contributed by atoms with Gasteiger partial charge in [0.15, 0.2) is 0 Å². The lowest BCUT2D eigenvalue weighted by atomic mass is 10.0. The number of nitrogens with one attached hydrogen (secondary N) is 1. The van der Waals surface area contributed by atoms with Gasteiger partial charge in [-0.1, -0.05) is 38.1 Å². The Balaban J connectivity index is 2.00. The van der Waals surface area contributed by atoms with E-state index >= 15 is 0 Å². The largest absolute Gasteiger partial charge is 0.497 e. The molecule has 0 bridgehead atoms. The van der Waals surface area contributed by atoms with E-state index in [2.05, 4.69) is 23.6 Å². The van der Waals surface area contributed by atoms with Crippen LogP contribution in [0, 0.1) is 0 Å². The Morgan fingerprint density at radius 3 is 2.36 bits per heavy atom. The number of imidazole rings is 1. The molecule has 148 valence electrons. The van der Waals surface area contributed by atoms with Gasteiger partial charge in [-0.2, -0.15) is 4.72 Å². The minimum atomic E-state index is -3.76. The molecule has 2 aromatic carbocycles. The van der Waals surface area contributed by atoms with Crippen molar-refractivity contribution in [3.8, 4) is 5.75 Å². The molecular formula is C21H25N3O3S. The fraction of sp³-hybridized carbons (Fsp3) is 0.286. The van der Waals surface area contributed by atoms with Crippen LogP contribution < -0.4 is 9.46 Å². The minimum Gasteiger partial charge on any atom is -0.497 e. The molecule has 1 aromatic heterocycles. The van der Waals surface area contributed by atoms with E-state index < -0.39 is 16.1 Å². The number of hydrogen-bond acceptors (Lipinski definition) is 4. The highest BCUT2D eigenvalue weighted by Crippen LogP contribution is 2.26. The normalized spacial score (nSPS) is 12.9. The molecule has 0 aliphatic rings. The van der Waals surface area contributed by atoms with Crippen LogP contribution in [0.1, 0.15) is 42.8 Å². The Labute approximate surface area is 166 Å². The maximum absolute atomic E-state index is 13.1. The number of nitrogens with zero attached hydrogens (tertiary/aromatic N) is 2. The van der Waals surface area contributed by atoms with Crippen molar-refractivity contribution in [2.24, 2.45) is 7.05 Å². The molecule has 0 radical (unpaired) electrons. The highest BCUT2D eigenvalue weighted by Gasteiger charge is 2.26. The van der Waals surface area contributed by atoms with Gasteiger partial charge in [-0.15, -0.1) is 0 Å². The SMILES string of the molecule is COc1cccc(C(NS(=O)(=O)c2ccc(C(C)C)cc2)c2nccn2C)c1. The molecule has 1 heterocycles. The first-order valence-electron chi connectivity index (χ1n) is 9.05. The van der Waals surface area contributed by atoms with Gasteiger partial charge in [-0.3, -0.25) is 0 Å². The number of hydrogen-bond donors (Lipinski definition) is 1. The third kappa shape index (κ3) is 4.26. The molecule has 0 amide bonds. The molecule has 0 spiro atoms. The van der Waals surface area contributed by atoms with E-state index in [1.165, 1.54) is 0 Å². The molecule has 28 heavy (non-hydrogen) atoms. The van der Waals surface area contributed by atoms with Crippen molar-refractivity contribution < 1.29 is 13.2 Å². The van der Waals surface area contributed by atoms with Crippen molar-refractivity contribution in [1.29, 1.82) is 0 Å². The van der Waals surface area contributed by atoms with Crippen molar-refractivity contribution >= 4 is 10.0 Å². The molecule has 3 aromatic rings. The maximum Gasteiger partial charge on any atom is 0.241 e. The number of rotatable bonds is 7. The summed E-state index contributed by atoms with van der Waals surface area (Å²) >= 11 is 0. The number of benzene rings is 2. The summed E-state index contributed by atoms with van der Waals surface area (Å²) in [7, 11) is -0.343. The molecule has 0 saturated carbocycles. The first kappa shape index (κ1) is 20.1. The summed E-state index contributed by atoms with van der Waals surface area (Å²) in [4.78, 5) is 4.58. The molecule has 1 N–H and O–H groups in total. The van der Waals surface area contributed by atoms with Crippen molar-refractivity contribution in [2.45, 2.75) is 30.7 Å². The predicted octanol–water partition coefficient (Wildman–Crippen LogP) is 3.62. The molecule has 1 atom stereocenters. The first-order valence-corrected chi connectivity index (χ1v) is 10.5. The van der Waals surface area contributed by atoms with Crippen LogP contribution in [0.3, 0.4) is 0 Å². The van der Waals surface area contributed by atoms with Gasteiger partial charge >= 0.3 is 0 Å². The molecule has 1 unspecified atom stereocenters. The van der Waals surface area contributed by atoms with E-state index in [9.17, 15) is 8.42 Å². The van der Waals surface area contributed by atoms with E-state index in [1.807, 2.05) is 43.4 Å². The van der Waals surface area contributed by atoms with Crippen molar-refractivity contribution in [1.82, 2.24) is 14.3 Å². The molecule has 7 heteroatoms. The summed E-state index contributed by atoms with van der Waals surface area (Å²) in [5, 5.41) is 0. The average molecular weight is 400 g/mol. The second-order valence-electron chi connectivity index (χ2n) is 6.95. The monoisotopic (exact) mass is 399 g/mol. The lowest BCUT2D eigenvalue weighted by Crippen LogP contribution is -2.31. The number of aryl methyl sites for hydroxylation is 1. The van der Waals surface area contributed by atoms with Crippen molar-refractivity contribution in [2.75, 3.05) is 7.11 Å². The standard InChI is InChI=1S/C21H25N3O3S/c1-15(2)16-8-10-19(11-9-16)28(25,26)23-20(21-22-12-13-24(21)3)17-6-5-7-18(14-17)27-4/h5-15,20,23H,1-4H3. The summed E-state index contributed by atoms with van der Waals surface area (Å²) in [5.41, 5.74) is 1.84. The molecule has 6 nitrogen and oxygen atoms in total. The maximum atomic E-state index is 13.1. The molecule has 3 rings (SSSR count). The van der Waals surface area contributed by atoms with Crippen LogP contribution in [0.2, 0.25) is 0 Å². The third-order valence-corrected chi connectivity index (χ3v) is 6.11. The summed E-state index contributed by atoms with van der Waals surface area (Å²) in [5.74, 6) is 1.58. The molecule has 0 fully saturated rings. The summed E-state index contributed by atoms with van der Waals surface area (Å²) < 4.78 is 36.1. The van der Waals surface area contributed by atoms with E-state index in [-0.39, 0.29) is 4.90 Å². The highest BCUT2D eigenvalue weighted by atomic mass is 32.2. The average Bonchev–Trinajstić information content (AvgIpc) is 3.12. The number of aromatic nitrogens is 2. The zero-order valence-corrected chi connectivity index (χ0v) is 17.3. The predicted molar refractivity (Wildman–Crippen MR) is 109 cm³/mol. The fourth-order valence-corrected chi connectivity index (χ4v) is 4.18. The van der Waals surface area contributed by atoms with E-state index in [4.69, 9.17) is 4.74 Å². The van der Waals surface area contributed by atoms with E-state index in [0.717, 1.165) is 11.1 Å². The molecular weight excluding hydrogens is 374 g/mol. The zero-order valence-electron chi connectivity index (χ0n) is 16.5. The van der Waals surface area contributed by atoms with Crippen LogP contribution >= 0.6 is 0 Å². The fourth-order valence-electron chi connectivity index (χ4n) is 3.00. The van der Waals surface area contributed by atoms with Gasteiger partial charge in [0.1, 0.15) is 17.6 Å². The van der Waals surface area contributed by atoms with Gasteiger partial charge < -0.3 is 9.30 Å². The van der Waals surface area contributed by atoms with Crippen LogP contribution in [-0.4, -0.2) is 25.1 Å². The Hall–Kier alpha value is -2.64. The van der Waals surface area contributed by atoms with Gasteiger partial charge in [0.2, 0.25) is 10.0 Å². The molecule has 0 aliphatic heterocycles. The van der Waals surface area contributed by atoms with E-state index in [1.54, 1.807) is 36.2 Å². The molecule has 0 saturated heterocycles. The zero-order chi connectivity index (χ0) is 20.3. The van der Waals surface area contributed by atoms with Crippen molar-refractivity contribution in [3.63, 3.8) is 0 Å². The van der Waals surface area contributed by atoms with Crippen molar-refractivity contribution in [3.05, 3.63) is 77.9 Å². The molecule has 0 aliphatic carbocycles. The minimum absolute atomic E-state index is 0.221. The third-order valence-electron chi connectivity index (χ3n) is 4.67.